The van der Waals surface area contributed by atoms with Crippen molar-refractivity contribution in [1.29, 1.82) is 0 Å². The van der Waals surface area contributed by atoms with Gasteiger partial charge in [0.15, 0.2) is 17.5 Å². The van der Waals surface area contributed by atoms with E-state index in [4.69, 9.17) is 23.8 Å². The van der Waals surface area contributed by atoms with Crippen LogP contribution in [0.25, 0.3) is 122 Å². The van der Waals surface area contributed by atoms with Crippen molar-refractivity contribution in [3.05, 3.63) is 188 Å². The second-order valence-electron chi connectivity index (χ2n) is 14.7. The number of furan rings is 2. The summed E-state index contributed by atoms with van der Waals surface area (Å²) in [6.07, 6.45) is 0. The summed E-state index contributed by atoms with van der Waals surface area (Å²) in [4.78, 5) is 15.2. The minimum Gasteiger partial charge on any atom is -0.456 e. The van der Waals surface area contributed by atoms with E-state index in [2.05, 4.69) is 127 Å². The van der Waals surface area contributed by atoms with E-state index in [0.717, 1.165) is 71.7 Å². The molecule has 0 saturated heterocycles. The van der Waals surface area contributed by atoms with E-state index in [-0.39, 0.29) is 0 Å². The zero-order chi connectivity index (χ0) is 38.2. The summed E-state index contributed by atoms with van der Waals surface area (Å²) in [6.45, 7) is 0. The Bertz CT molecular complexity index is 3560. The molecule has 0 amide bonds. The van der Waals surface area contributed by atoms with E-state index in [1.807, 2.05) is 60.7 Å². The first kappa shape index (κ1) is 32.4. The average Bonchev–Trinajstić information content (AvgIpc) is 3.87. The van der Waals surface area contributed by atoms with Gasteiger partial charge in [0, 0.05) is 38.2 Å². The van der Waals surface area contributed by atoms with Gasteiger partial charge in [0.2, 0.25) is 0 Å². The summed E-state index contributed by atoms with van der Waals surface area (Å²) in [6, 6.07) is 65.2. The molecule has 0 fully saturated rings. The smallest absolute Gasteiger partial charge is 0.164 e. The molecule has 12 rings (SSSR count). The SMILES string of the molecule is c1ccc(-c2nc(-c3ccc(-c4ccc5oc6cc(-c7cccc8ccccc78)c7ccccc7c6c5c4)cc3)nc(-c3cccc4oc5ccccc5c34)n2)cc1. The van der Waals surface area contributed by atoms with E-state index in [1.165, 1.54) is 32.7 Å². The molecule has 5 nitrogen and oxygen atoms in total. The highest BCUT2D eigenvalue weighted by Gasteiger charge is 2.19. The molecule has 3 aromatic heterocycles. The van der Waals surface area contributed by atoms with Gasteiger partial charge >= 0.3 is 0 Å². The van der Waals surface area contributed by atoms with Gasteiger partial charge in [0.1, 0.15) is 22.3 Å². The summed E-state index contributed by atoms with van der Waals surface area (Å²) < 4.78 is 12.8. The number of nitrogens with zero attached hydrogens (tertiary/aromatic N) is 3. The second-order valence-corrected chi connectivity index (χ2v) is 14.7. The molecule has 0 aliphatic carbocycles. The van der Waals surface area contributed by atoms with Crippen LogP contribution in [-0.4, -0.2) is 15.0 Å². The zero-order valence-corrected chi connectivity index (χ0v) is 31.1. The van der Waals surface area contributed by atoms with Gasteiger partial charge < -0.3 is 8.83 Å². The summed E-state index contributed by atoms with van der Waals surface area (Å²) in [7, 11) is 0. The molecule has 0 saturated carbocycles. The summed E-state index contributed by atoms with van der Waals surface area (Å²) in [5.74, 6) is 1.81. The molecule has 0 aliphatic heterocycles. The van der Waals surface area contributed by atoms with Gasteiger partial charge in [-0.2, -0.15) is 0 Å². The van der Waals surface area contributed by atoms with Gasteiger partial charge in [0.05, 0.1) is 0 Å². The van der Waals surface area contributed by atoms with Crippen LogP contribution in [0.1, 0.15) is 0 Å². The van der Waals surface area contributed by atoms with Crippen LogP contribution < -0.4 is 0 Å². The van der Waals surface area contributed by atoms with Crippen LogP contribution in [0.5, 0.6) is 0 Å². The van der Waals surface area contributed by atoms with Gasteiger partial charge in [0.25, 0.3) is 0 Å². The monoisotopic (exact) mass is 741 g/mol. The molecule has 0 N–H and O–H groups in total. The second kappa shape index (κ2) is 12.8. The maximum absolute atomic E-state index is 6.61. The molecule has 58 heavy (non-hydrogen) atoms. The van der Waals surface area contributed by atoms with Crippen molar-refractivity contribution in [2.45, 2.75) is 0 Å². The fourth-order valence-electron chi connectivity index (χ4n) is 8.62. The summed E-state index contributed by atoms with van der Waals surface area (Å²) in [5.41, 5.74) is 10.6. The van der Waals surface area contributed by atoms with Crippen molar-refractivity contribution in [1.82, 2.24) is 15.0 Å². The number of hydrogen-bond donors (Lipinski definition) is 0. The van der Waals surface area contributed by atoms with E-state index < -0.39 is 0 Å². The fourth-order valence-corrected chi connectivity index (χ4v) is 8.62. The fraction of sp³-hybridized carbons (Fsp3) is 0. The maximum Gasteiger partial charge on any atom is 0.164 e. The number of hydrogen-bond acceptors (Lipinski definition) is 5. The largest absolute Gasteiger partial charge is 0.456 e. The predicted molar refractivity (Wildman–Crippen MR) is 237 cm³/mol. The third-order valence-electron chi connectivity index (χ3n) is 11.3. The number of aromatic nitrogens is 3. The van der Waals surface area contributed by atoms with Crippen LogP contribution in [0.4, 0.5) is 0 Å². The Balaban J connectivity index is 0.971. The van der Waals surface area contributed by atoms with E-state index in [9.17, 15) is 0 Å². The van der Waals surface area contributed by atoms with E-state index in [0.29, 0.717) is 17.5 Å². The van der Waals surface area contributed by atoms with Gasteiger partial charge in [-0.05, 0) is 74.1 Å². The standard InChI is InChI=1S/C53H31N3O2/c1-2-13-34(14-3-1)51-54-52(56-53(55-51)42-21-11-23-47-50(42)41-19-8-9-22-45(41)57-47)35-26-24-32(25-27-35)36-28-29-46-44(30-36)49-40-18-7-6-17-39(40)43(31-48(49)58-46)38-20-10-15-33-12-4-5-16-37(33)38/h1-31H. The molecular weight excluding hydrogens is 711 g/mol. The Hall–Kier alpha value is -7.89. The van der Waals surface area contributed by atoms with Gasteiger partial charge in [-0.1, -0.05) is 158 Å². The van der Waals surface area contributed by atoms with E-state index >= 15 is 0 Å². The van der Waals surface area contributed by atoms with Gasteiger partial charge in [-0.3, -0.25) is 0 Å². The highest BCUT2D eigenvalue weighted by atomic mass is 16.3. The molecule has 0 spiro atoms. The van der Waals surface area contributed by atoms with Gasteiger partial charge in [-0.25, -0.2) is 15.0 Å². The molecule has 0 unspecified atom stereocenters. The lowest BCUT2D eigenvalue weighted by atomic mass is 9.91. The van der Waals surface area contributed by atoms with Crippen LogP contribution in [0.3, 0.4) is 0 Å². The Kier molecular flexibility index (Phi) is 7.16. The van der Waals surface area contributed by atoms with Crippen molar-refractivity contribution in [3.8, 4) is 56.4 Å². The molecule has 5 heteroatoms. The number of rotatable bonds is 5. The van der Waals surface area contributed by atoms with Crippen molar-refractivity contribution < 1.29 is 8.83 Å². The lowest BCUT2D eigenvalue weighted by Crippen LogP contribution is -2.00. The number of para-hydroxylation sites is 1. The molecule has 0 radical (unpaired) electrons. The third kappa shape index (κ3) is 5.14. The topological polar surface area (TPSA) is 65.0 Å². The first-order valence-corrected chi connectivity index (χ1v) is 19.4. The molecule has 9 aromatic carbocycles. The minimum absolute atomic E-state index is 0.596. The molecule has 0 bridgehead atoms. The quantitative estimate of drug-likeness (QED) is 0.176. The first-order valence-electron chi connectivity index (χ1n) is 19.4. The number of benzene rings is 9. The van der Waals surface area contributed by atoms with Crippen molar-refractivity contribution in [2.75, 3.05) is 0 Å². The average molecular weight is 742 g/mol. The van der Waals surface area contributed by atoms with Crippen molar-refractivity contribution in [2.24, 2.45) is 0 Å². The molecule has 12 aromatic rings. The highest BCUT2D eigenvalue weighted by molar-refractivity contribution is 6.23. The molecule has 3 heterocycles. The first-order chi connectivity index (χ1) is 28.7. The Morgan fingerprint density at radius 3 is 1.69 bits per heavy atom. The van der Waals surface area contributed by atoms with Gasteiger partial charge in [-0.15, -0.1) is 0 Å². The lowest BCUT2D eigenvalue weighted by Gasteiger charge is -2.11. The van der Waals surface area contributed by atoms with Crippen LogP contribution in [0.2, 0.25) is 0 Å². The highest BCUT2D eigenvalue weighted by Crippen LogP contribution is 2.43. The Labute approximate surface area is 332 Å². The van der Waals surface area contributed by atoms with Crippen molar-refractivity contribution in [3.63, 3.8) is 0 Å². The molecular formula is C53H31N3O2. The van der Waals surface area contributed by atoms with Crippen LogP contribution >= 0.6 is 0 Å². The molecule has 0 aliphatic rings. The summed E-state index contributed by atoms with van der Waals surface area (Å²) in [5, 5.41) is 9.06. The minimum atomic E-state index is 0.596. The van der Waals surface area contributed by atoms with Crippen LogP contribution in [-0.2, 0) is 0 Å². The molecule has 270 valence electrons. The van der Waals surface area contributed by atoms with Crippen molar-refractivity contribution >= 4 is 65.4 Å². The maximum atomic E-state index is 6.61. The number of fused-ring (bicyclic) bond motifs is 9. The predicted octanol–water partition coefficient (Wildman–Crippen LogP) is 14.3. The summed E-state index contributed by atoms with van der Waals surface area (Å²) >= 11 is 0. The zero-order valence-electron chi connectivity index (χ0n) is 31.1. The van der Waals surface area contributed by atoms with Crippen LogP contribution in [0.15, 0.2) is 197 Å². The Morgan fingerprint density at radius 2 is 0.845 bits per heavy atom. The molecule has 0 atom stereocenters. The third-order valence-corrected chi connectivity index (χ3v) is 11.3. The van der Waals surface area contributed by atoms with E-state index in [1.54, 1.807) is 0 Å². The lowest BCUT2D eigenvalue weighted by molar-refractivity contribution is 0.668. The Morgan fingerprint density at radius 1 is 0.276 bits per heavy atom. The van der Waals surface area contributed by atoms with Crippen LogP contribution in [0, 0.1) is 0 Å². The normalized spacial score (nSPS) is 11.8.